The van der Waals surface area contributed by atoms with Crippen LogP contribution in [0.5, 0.6) is 5.75 Å². The van der Waals surface area contributed by atoms with Crippen LogP contribution in [0, 0.1) is 0 Å². The van der Waals surface area contributed by atoms with Gasteiger partial charge in [0.25, 0.3) is 0 Å². The SMILES string of the molecule is O=C1OC[C@H](Cc2ccccc2)N1C1CCN(S(=O)(=O)c2ccc(OC(F)(F)F)cc2)CC1. The van der Waals surface area contributed by atoms with Gasteiger partial charge in [0.1, 0.15) is 12.4 Å². The van der Waals surface area contributed by atoms with Gasteiger partial charge in [0.2, 0.25) is 10.0 Å². The van der Waals surface area contributed by atoms with E-state index >= 15 is 0 Å². The average Bonchev–Trinajstić information content (AvgIpc) is 3.13. The Kier molecular flexibility index (Phi) is 6.53. The molecule has 2 aromatic carbocycles. The van der Waals surface area contributed by atoms with Crippen molar-refractivity contribution in [3.8, 4) is 5.75 Å². The second kappa shape index (κ2) is 9.22. The summed E-state index contributed by atoms with van der Waals surface area (Å²) in [6, 6.07) is 13.6. The van der Waals surface area contributed by atoms with E-state index in [0.29, 0.717) is 25.9 Å². The van der Waals surface area contributed by atoms with Crippen molar-refractivity contribution in [3.05, 3.63) is 60.2 Å². The monoisotopic (exact) mass is 484 g/mol. The van der Waals surface area contributed by atoms with Crippen molar-refractivity contribution in [1.82, 2.24) is 9.21 Å². The first-order valence-corrected chi connectivity index (χ1v) is 11.9. The Morgan fingerprint density at radius 1 is 1.00 bits per heavy atom. The first kappa shape index (κ1) is 23.4. The largest absolute Gasteiger partial charge is 0.573 e. The lowest BCUT2D eigenvalue weighted by Crippen LogP contribution is -2.50. The number of ether oxygens (including phenoxy) is 2. The lowest BCUT2D eigenvalue weighted by molar-refractivity contribution is -0.274. The molecule has 178 valence electrons. The molecule has 2 saturated heterocycles. The lowest BCUT2D eigenvalue weighted by Gasteiger charge is -2.37. The van der Waals surface area contributed by atoms with Gasteiger partial charge >= 0.3 is 12.5 Å². The highest BCUT2D eigenvalue weighted by Gasteiger charge is 2.41. The normalized spacial score (nSPS) is 20.6. The van der Waals surface area contributed by atoms with Gasteiger partial charge in [0.05, 0.1) is 10.9 Å². The van der Waals surface area contributed by atoms with Gasteiger partial charge in [0.15, 0.2) is 0 Å². The summed E-state index contributed by atoms with van der Waals surface area (Å²) in [5.74, 6) is -0.489. The average molecular weight is 484 g/mol. The predicted molar refractivity (Wildman–Crippen MR) is 112 cm³/mol. The molecule has 7 nitrogen and oxygen atoms in total. The molecule has 2 aliphatic rings. The fourth-order valence-corrected chi connectivity index (χ4v) is 5.75. The summed E-state index contributed by atoms with van der Waals surface area (Å²) < 4.78 is 73.2. The molecule has 0 bridgehead atoms. The van der Waals surface area contributed by atoms with E-state index in [1.165, 1.54) is 4.31 Å². The fourth-order valence-electron chi connectivity index (χ4n) is 4.29. The van der Waals surface area contributed by atoms with Gasteiger partial charge in [-0.3, -0.25) is 4.90 Å². The number of benzene rings is 2. The van der Waals surface area contributed by atoms with Crippen LogP contribution in [0.25, 0.3) is 0 Å². The number of cyclic esters (lactones) is 1. The third-order valence-electron chi connectivity index (χ3n) is 5.83. The number of hydrogen-bond acceptors (Lipinski definition) is 5. The molecule has 2 heterocycles. The summed E-state index contributed by atoms with van der Waals surface area (Å²) in [6.07, 6.45) is -3.71. The maximum Gasteiger partial charge on any atom is 0.573 e. The minimum Gasteiger partial charge on any atom is -0.447 e. The predicted octanol–water partition coefficient (Wildman–Crippen LogP) is 3.80. The molecule has 0 N–H and O–H groups in total. The van der Waals surface area contributed by atoms with Gasteiger partial charge in [-0.2, -0.15) is 4.31 Å². The number of carbonyl (C=O) groups is 1. The van der Waals surface area contributed by atoms with E-state index in [9.17, 15) is 26.4 Å². The van der Waals surface area contributed by atoms with Crippen LogP contribution in [0.1, 0.15) is 18.4 Å². The second-order valence-corrected chi connectivity index (χ2v) is 9.92. The van der Waals surface area contributed by atoms with E-state index in [0.717, 1.165) is 29.8 Å². The Morgan fingerprint density at radius 3 is 2.24 bits per heavy atom. The van der Waals surface area contributed by atoms with Crippen molar-refractivity contribution < 1.29 is 35.9 Å². The molecule has 11 heteroatoms. The van der Waals surface area contributed by atoms with Gasteiger partial charge in [-0.15, -0.1) is 13.2 Å². The van der Waals surface area contributed by atoms with Gasteiger partial charge in [0, 0.05) is 19.1 Å². The van der Waals surface area contributed by atoms with E-state index in [1.807, 2.05) is 30.3 Å². The molecule has 0 unspecified atom stereocenters. The highest BCUT2D eigenvalue weighted by Crippen LogP contribution is 2.29. The molecule has 0 aromatic heterocycles. The van der Waals surface area contributed by atoms with Crippen LogP contribution < -0.4 is 4.74 Å². The van der Waals surface area contributed by atoms with Crippen LogP contribution in [-0.4, -0.2) is 61.9 Å². The Morgan fingerprint density at radius 2 is 1.64 bits per heavy atom. The summed E-state index contributed by atoms with van der Waals surface area (Å²) in [4.78, 5) is 14.0. The zero-order valence-electron chi connectivity index (χ0n) is 17.6. The van der Waals surface area contributed by atoms with Crippen molar-refractivity contribution in [2.45, 2.75) is 42.6 Å². The number of alkyl halides is 3. The van der Waals surface area contributed by atoms with Gasteiger partial charge in [-0.05, 0) is 49.1 Å². The molecule has 0 radical (unpaired) electrons. The maximum atomic E-state index is 12.9. The molecule has 2 aliphatic heterocycles. The molecule has 0 saturated carbocycles. The zero-order chi connectivity index (χ0) is 23.6. The number of rotatable bonds is 6. The van der Waals surface area contributed by atoms with E-state index in [2.05, 4.69) is 4.74 Å². The molecular formula is C22H23F3N2O5S. The molecule has 0 aliphatic carbocycles. The topological polar surface area (TPSA) is 76.2 Å². The molecule has 2 aromatic rings. The number of halogens is 3. The van der Waals surface area contributed by atoms with Crippen molar-refractivity contribution >= 4 is 16.1 Å². The van der Waals surface area contributed by atoms with Gasteiger partial charge in [-0.1, -0.05) is 30.3 Å². The summed E-state index contributed by atoms with van der Waals surface area (Å²) in [6.45, 7) is 0.671. The number of sulfonamides is 1. The Balaban J connectivity index is 1.39. The Labute approximate surface area is 189 Å². The number of hydrogen-bond donors (Lipinski definition) is 0. The summed E-state index contributed by atoms with van der Waals surface area (Å²) in [5, 5.41) is 0. The van der Waals surface area contributed by atoms with Crippen molar-refractivity contribution in [1.29, 1.82) is 0 Å². The van der Waals surface area contributed by atoms with Crippen LogP contribution in [0.4, 0.5) is 18.0 Å². The number of carbonyl (C=O) groups excluding carboxylic acids is 1. The minimum atomic E-state index is -4.85. The van der Waals surface area contributed by atoms with E-state index < -0.39 is 28.2 Å². The van der Waals surface area contributed by atoms with E-state index in [4.69, 9.17) is 4.74 Å². The molecule has 33 heavy (non-hydrogen) atoms. The lowest BCUT2D eigenvalue weighted by atomic mass is 10.00. The van der Waals surface area contributed by atoms with Crippen LogP contribution >= 0.6 is 0 Å². The van der Waals surface area contributed by atoms with E-state index in [1.54, 1.807) is 4.90 Å². The first-order valence-electron chi connectivity index (χ1n) is 10.5. The first-order chi connectivity index (χ1) is 15.6. The summed E-state index contributed by atoms with van der Waals surface area (Å²) in [5.41, 5.74) is 1.09. The molecule has 1 atom stereocenters. The number of nitrogens with zero attached hydrogens (tertiary/aromatic N) is 2. The molecule has 0 spiro atoms. The molecule has 1 amide bonds. The Hall–Kier alpha value is -2.79. The Bertz CT molecular complexity index is 1070. The van der Waals surface area contributed by atoms with Crippen LogP contribution in [0.2, 0.25) is 0 Å². The van der Waals surface area contributed by atoms with Gasteiger partial charge in [-0.25, -0.2) is 13.2 Å². The van der Waals surface area contributed by atoms with Gasteiger partial charge < -0.3 is 9.47 Å². The summed E-state index contributed by atoms with van der Waals surface area (Å²) >= 11 is 0. The van der Waals surface area contributed by atoms with E-state index in [-0.39, 0.29) is 30.1 Å². The van der Waals surface area contributed by atoms with Crippen LogP contribution in [0.15, 0.2) is 59.5 Å². The fraction of sp³-hybridized carbons (Fsp3) is 0.409. The number of amides is 1. The standard InChI is InChI=1S/C22H23F3N2O5S/c23-22(24,25)32-19-6-8-20(9-7-19)33(29,30)26-12-10-17(11-13-26)27-18(15-31-21(27)28)14-16-4-2-1-3-5-16/h1-9,17-18H,10-15H2/t18-/m0/s1. The highest BCUT2D eigenvalue weighted by molar-refractivity contribution is 7.89. The minimum absolute atomic E-state index is 0.113. The van der Waals surface area contributed by atoms with Crippen molar-refractivity contribution in [2.75, 3.05) is 19.7 Å². The molecular weight excluding hydrogens is 461 g/mol. The molecule has 4 rings (SSSR count). The highest BCUT2D eigenvalue weighted by atomic mass is 32.2. The quantitative estimate of drug-likeness (QED) is 0.624. The zero-order valence-corrected chi connectivity index (χ0v) is 18.4. The smallest absolute Gasteiger partial charge is 0.447 e. The third kappa shape index (κ3) is 5.41. The maximum absolute atomic E-state index is 12.9. The second-order valence-electron chi connectivity index (χ2n) is 7.98. The van der Waals surface area contributed by atoms with Crippen molar-refractivity contribution in [2.24, 2.45) is 0 Å². The third-order valence-corrected chi connectivity index (χ3v) is 7.74. The number of piperidine rings is 1. The molecule has 2 fully saturated rings. The summed E-state index contributed by atoms with van der Waals surface area (Å²) in [7, 11) is -3.88. The van der Waals surface area contributed by atoms with Crippen LogP contribution in [-0.2, 0) is 21.2 Å². The van der Waals surface area contributed by atoms with Crippen LogP contribution in [0.3, 0.4) is 0 Å². The van der Waals surface area contributed by atoms with Crippen molar-refractivity contribution in [3.63, 3.8) is 0 Å².